The number of hydrogen-bond acceptors (Lipinski definition) is 9. The van der Waals surface area contributed by atoms with E-state index in [4.69, 9.17) is 18.9 Å². The third kappa shape index (κ3) is 4.95. The molecular formula is C20H23N5O4. The minimum atomic E-state index is 0.381. The number of aromatic nitrogens is 3. The lowest BCUT2D eigenvalue weighted by atomic mass is 10.2. The van der Waals surface area contributed by atoms with Gasteiger partial charge in [0.2, 0.25) is 5.95 Å². The SMILES string of the molecule is COc1ccc(OC)c(Nc2cnnc(NCc3ccc(OC)c(OC)c3)n2)c1. The summed E-state index contributed by atoms with van der Waals surface area (Å²) >= 11 is 0. The topological polar surface area (TPSA) is 99.7 Å². The van der Waals surface area contributed by atoms with Gasteiger partial charge in [0.15, 0.2) is 17.3 Å². The normalized spacial score (nSPS) is 10.2. The molecule has 0 radical (unpaired) electrons. The lowest BCUT2D eigenvalue weighted by Crippen LogP contribution is -2.07. The van der Waals surface area contributed by atoms with Crippen LogP contribution in [0.1, 0.15) is 5.56 Å². The molecule has 0 amide bonds. The van der Waals surface area contributed by atoms with Gasteiger partial charge >= 0.3 is 0 Å². The van der Waals surface area contributed by atoms with E-state index < -0.39 is 0 Å². The number of nitrogens with one attached hydrogen (secondary N) is 2. The molecule has 3 aromatic rings. The predicted molar refractivity (Wildman–Crippen MR) is 110 cm³/mol. The van der Waals surface area contributed by atoms with Crippen molar-refractivity contribution in [3.8, 4) is 23.0 Å². The van der Waals surface area contributed by atoms with Crippen LogP contribution in [0, 0.1) is 0 Å². The maximum absolute atomic E-state index is 5.37. The van der Waals surface area contributed by atoms with Gasteiger partial charge in [-0.25, -0.2) is 0 Å². The average Bonchev–Trinajstić information content (AvgIpc) is 2.77. The molecule has 9 heteroatoms. The van der Waals surface area contributed by atoms with E-state index in [1.54, 1.807) is 28.4 Å². The third-order valence-electron chi connectivity index (χ3n) is 4.13. The summed E-state index contributed by atoms with van der Waals surface area (Å²) in [6.07, 6.45) is 1.53. The Hall–Kier alpha value is -3.75. The molecule has 0 saturated carbocycles. The summed E-state index contributed by atoms with van der Waals surface area (Å²) < 4.78 is 21.2. The molecule has 0 aliphatic carbocycles. The van der Waals surface area contributed by atoms with E-state index in [0.717, 1.165) is 5.56 Å². The Labute approximate surface area is 169 Å². The van der Waals surface area contributed by atoms with Gasteiger partial charge in [-0.1, -0.05) is 6.07 Å². The first-order chi connectivity index (χ1) is 14.2. The molecule has 152 valence electrons. The van der Waals surface area contributed by atoms with Crippen molar-refractivity contribution in [2.45, 2.75) is 6.54 Å². The number of rotatable bonds is 9. The number of benzene rings is 2. The molecule has 0 atom stereocenters. The number of hydrogen-bond donors (Lipinski definition) is 2. The van der Waals surface area contributed by atoms with Crippen LogP contribution in [0.2, 0.25) is 0 Å². The molecule has 0 bridgehead atoms. The molecule has 2 N–H and O–H groups in total. The van der Waals surface area contributed by atoms with Crippen LogP contribution in [0.4, 0.5) is 17.5 Å². The molecule has 3 rings (SSSR count). The van der Waals surface area contributed by atoms with Gasteiger partial charge in [-0.3, -0.25) is 0 Å². The molecule has 2 aromatic carbocycles. The van der Waals surface area contributed by atoms with E-state index in [9.17, 15) is 0 Å². The molecule has 0 spiro atoms. The minimum absolute atomic E-state index is 0.381. The van der Waals surface area contributed by atoms with Gasteiger partial charge < -0.3 is 29.6 Å². The zero-order valence-electron chi connectivity index (χ0n) is 16.7. The minimum Gasteiger partial charge on any atom is -0.497 e. The Morgan fingerprint density at radius 1 is 0.828 bits per heavy atom. The van der Waals surface area contributed by atoms with E-state index in [0.29, 0.717) is 47.0 Å². The zero-order valence-corrected chi connectivity index (χ0v) is 16.7. The van der Waals surface area contributed by atoms with Crippen molar-refractivity contribution in [2.75, 3.05) is 39.1 Å². The number of ether oxygens (including phenoxy) is 4. The molecule has 29 heavy (non-hydrogen) atoms. The number of nitrogens with zero attached hydrogens (tertiary/aromatic N) is 3. The number of anilines is 3. The second-order valence-corrected chi connectivity index (χ2v) is 5.90. The van der Waals surface area contributed by atoms with Crippen LogP contribution >= 0.6 is 0 Å². The quantitative estimate of drug-likeness (QED) is 0.563. The summed E-state index contributed by atoms with van der Waals surface area (Å²) in [5.41, 5.74) is 1.69. The van der Waals surface area contributed by atoms with Crippen molar-refractivity contribution >= 4 is 17.5 Å². The second-order valence-electron chi connectivity index (χ2n) is 5.90. The Kier molecular flexibility index (Phi) is 6.51. The molecule has 1 heterocycles. The van der Waals surface area contributed by atoms with Crippen molar-refractivity contribution in [1.82, 2.24) is 15.2 Å². The van der Waals surface area contributed by atoms with Gasteiger partial charge in [-0.05, 0) is 29.8 Å². The first-order valence-corrected chi connectivity index (χ1v) is 8.80. The molecule has 1 aromatic heterocycles. The maximum atomic E-state index is 5.37. The summed E-state index contributed by atoms with van der Waals surface area (Å²) in [6, 6.07) is 11.1. The highest BCUT2D eigenvalue weighted by Crippen LogP contribution is 2.31. The van der Waals surface area contributed by atoms with Gasteiger partial charge in [-0.15, -0.1) is 5.10 Å². The lowest BCUT2D eigenvalue weighted by Gasteiger charge is -2.13. The van der Waals surface area contributed by atoms with Crippen LogP contribution in [0.5, 0.6) is 23.0 Å². The molecular weight excluding hydrogens is 374 g/mol. The largest absolute Gasteiger partial charge is 0.497 e. The zero-order chi connectivity index (χ0) is 20.6. The molecule has 0 aliphatic heterocycles. The van der Waals surface area contributed by atoms with Crippen molar-refractivity contribution < 1.29 is 18.9 Å². The highest BCUT2D eigenvalue weighted by atomic mass is 16.5. The Balaban J connectivity index is 1.72. The van der Waals surface area contributed by atoms with Crippen LogP contribution in [-0.2, 0) is 6.54 Å². The summed E-state index contributed by atoms with van der Waals surface area (Å²) in [6.45, 7) is 0.494. The van der Waals surface area contributed by atoms with Crippen molar-refractivity contribution in [1.29, 1.82) is 0 Å². The van der Waals surface area contributed by atoms with Gasteiger partial charge in [0.25, 0.3) is 0 Å². The van der Waals surface area contributed by atoms with Gasteiger partial charge in [0.1, 0.15) is 11.5 Å². The predicted octanol–water partition coefficient (Wildman–Crippen LogP) is 3.26. The van der Waals surface area contributed by atoms with Gasteiger partial charge in [0.05, 0.1) is 40.3 Å². The Morgan fingerprint density at radius 2 is 1.59 bits per heavy atom. The van der Waals surface area contributed by atoms with E-state index in [-0.39, 0.29) is 0 Å². The van der Waals surface area contributed by atoms with E-state index >= 15 is 0 Å². The Bertz CT molecular complexity index is 967. The van der Waals surface area contributed by atoms with Crippen LogP contribution in [0.15, 0.2) is 42.6 Å². The second kappa shape index (κ2) is 9.45. The van der Waals surface area contributed by atoms with Crippen LogP contribution in [0.25, 0.3) is 0 Å². The summed E-state index contributed by atoms with van der Waals surface area (Å²) in [4.78, 5) is 4.44. The van der Waals surface area contributed by atoms with Crippen molar-refractivity contribution in [3.05, 3.63) is 48.2 Å². The van der Waals surface area contributed by atoms with E-state index in [1.165, 1.54) is 6.20 Å². The third-order valence-corrected chi connectivity index (χ3v) is 4.13. The van der Waals surface area contributed by atoms with E-state index in [2.05, 4.69) is 25.8 Å². The lowest BCUT2D eigenvalue weighted by molar-refractivity contribution is 0.354. The van der Waals surface area contributed by atoms with E-state index in [1.807, 2.05) is 36.4 Å². The highest BCUT2D eigenvalue weighted by Gasteiger charge is 2.09. The summed E-state index contributed by atoms with van der Waals surface area (Å²) in [5, 5.41) is 14.3. The van der Waals surface area contributed by atoms with Crippen LogP contribution < -0.4 is 29.6 Å². The first-order valence-electron chi connectivity index (χ1n) is 8.80. The maximum Gasteiger partial charge on any atom is 0.244 e. The highest BCUT2D eigenvalue weighted by molar-refractivity contribution is 5.66. The van der Waals surface area contributed by atoms with Gasteiger partial charge in [-0.2, -0.15) is 10.1 Å². The fraction of sp³-hybridized carbons (Fsp3) is 0.250. The fourth-order valence-corrected chi connectivity index (χ4v) is 2.66. The number of methoxy groups -OCH3 is 4. The van der Waals surface area contributed by atoms with Gasteiger partial charge in [0, 0.05) is 12.6 Å². The first kappa shape index (κ1) is 20.0. The molecule has 0 fully saturated rings. The molecule has 0 saturated heterocycles. The molecule has 9 nitrogen and oxygen atoms in total. The standard InChI is InChI=1S/C20H23N5O4/c1-26-14-6-8-16(27-2)15(10-14)23-19-12-22-25-20(24-19)21-11-13-5-7-17(28-3)18(9-13)29-4/h5-10,12H,11H2,1-4H3,(H2,21,23,24,25). The monoisotopic (exact) mass is 397 g/mol. The van der Waals surface area contributed by atoms with Crippen LogP contribution in [-0.4, -0.2) is 43.6 Å². The Morgan fingerprint density at radius 3 is 2.31 bits per heavy atom. The van der Waals surface area contributed by atoms with Crippen molar-refractivity contribution in [3.63, 3.8) is 0 Å². The summed E-state index contributed by atoms with van der Waals surface area (Å²) in [7, 11) is 6.41. The smallest absolute Gasteiger partial charge is 0.244 e. The molecule has 0 aliphatic rings. The average molecular weight is 397 g/mol. The fourth-order valence-electron chi connectivity index (χ4n) is 2.66. The summed E-state index contributed by atoms with van der Waals surface area (Å²) in [5.74, 6) is 3.58. The van der Waals surface area contributed by atoms with Crippen molar-refractivity contribution in [2.24, 2.45) is 0 Å². The van der Waals surface area contributed by atoms with Crippen LogP contribution in [0.3, 0.4) is 0 Å². The molecule has 0 unspecified atom stereocenters.